The highest BCUT2D eigenvalue weighted by atomic mass is 16.3. The van der Waals surface area contributed by atoms with Crippen molar-refractivity contribution in [3.05, 3.63) is 24.3 Å². The van der Waals surface area contributed by atoms with Crippen LogP contribution in [0.3, 0.4) is 0 Å². The minimum Gasteiger partial charge on any atom is -0.393 e. The van der Waals surface area contributed by atoms with Crippen molar-refractivity contribution in [2.75, 3.05) is 6.61 Å². The fraction of sp³-hybridized carbons (Fsp3) is 0.762. The monoisotopic (exact) mass is 368 g/mol. The van der Waals surface area contributed by atoms with Gasteiger partial charge in [0, 0.05) is 18.8 Å². The summed E-state index contributed by atoms with van der Waals surface area (Å²) in [6.45, 7) is 1.73. The van der Waals surface area contributed by atoms with Crippen molar-refractivity contribution in [3.8, 4) is 0 Å². The van der Waals surface area contributed by atoms with Gasteiger partial charge < -0.3 is 20.4 Å². The zero-order valence-electron chi connectivity index (χ0n) is 16.0. The van der Waals surface area contributed by atoms with Crippen molar-refractivity contribution in [2.45, 2.75) is 83.0 Å². The third-order valence-electron chi connectivity index (χ3n) is 5.15. The van der Waals surface area contributed by atoms with E-state index in [0.29, 0.717) is 25.7 Å². The van der Waals surface area contributed by atoms with Crippen LogP contribution in [0.15, 0.2) is 24.3 Å². The molecule has 1 fully saturated rings. The molecule has 0 amide bonds. The standard InChI is InChI=1S/C21H36O5/c1-2-3-6-9-16(23)12-13-19-18(20(25)14-21(19)26)11-8-5-4-7-10-17(24)15-22/h5,8,12-13,16,18-23,25-26H,2-4,6-7,9-11,14-15H2,1H3/b8-5-,13-12+/t16-,18+,19+,20-,21+/m0/s1. The number of allylic oxidation sites excluding steroid dienone is 2. The van der Waals surface area contributed by atoms with Crippen LogP contribution >= 0.6 is 0 Å². The maximum atomic E-state index is 11.0. The molecule has 1 aliphatic carbocycles. The number of hydrogen-bond acceptors (Lipinski definition) is 5. The molecule has 0 heterocycles. The van der Waals surface area contributed by atoms with Crippen LogP contribution < -0.4 is 0 Å². The number of aliphatic hydroxyl groups is 4. The van der Waals surface area contributed by atoms with Gasteiger partial charge in [-0.15, -0.1) is 0 Å². The first-order valence-corrected chi connectivity index (χ1v) is 9.99. The Bertz CT molecular complexity index is 446. The van der Waals surface area contributed by atoms with Crippen LogP contribution in [0.4, 0.5) is 0 Å². The Morgan fingerprint density at radius 3 is 2.62 bits per heavy atom. The van der Waals surface area contributed by atoms with Crippen molar-refractivity contribution in [1.29, 1.82) is 0 Å². The van der Waals surface area contributed by atoms with Gasteiger partial charge in [0.25, 0.3) is 0 Å². The summed E-state index contributed by atoms with van der Waals surface area (Å²) in [4.78, 5) is 11.0. The average molecular weight is 369 g/mol. The lowest BCUT2D eigenvalue weighted by molar-refractivity contribution is -0.121. The lowest BCUT2D eigenvalue weighted by Gasteiger charge is -2.19. The lowest BCUT2D eigenvalue weighted by atomic mass is 9.89. The molecule has 0 aromatic carbocycles. The van der Waals surface area contributed by atoms with Crippen LogP contribution in [0.5, 0.6) is 0 Å². The van der Waals surface area contributed by atoms with Gasteiger partial charge in [0.1, 0.15) is 6.61 Å². The van der Waals surface area contributed by atoms with E-state index < -0.39 is 24.9 Å². The lowest BCUT2D eigenvalue weighted by Crippen LogP contribution is -2.20. The molecule has 0 spiro atoms. The summed E-state index contributed by atoms with van der Waals surface area (Å²) < 4.78 is 0. The molecule has 1 saturated carbocycles. The number of carbonyl (C=O) groups excluding carboxylic acids is 1. The number of unbranched alkanes of at least 4 members (excludes halogenated alkanes) is 3. The Balaban J connectivity index is 2.44. The van der Waals surface area contributed by atoms with Gasteiger partial charge >= 0.3 is 0 Å². The van der Waals surface area contributed by atoms with E-state index >= 15 is 0 Å². The molecule has 4 N–H and O–H groups in total. The van der Waals surface area contributed by atoms with Crippen molar-refractivity contribution >= 4 is 5.78 Å². The fourth-order valence-electron chi connectivity index (χ4n) is 3.53. The first-order chi connectivity index (χ1) is 12.5. The number of ketones is 1. The largest absolute Gasteiger partial charge is 0.393 e. The third-order valence-corrected chi connectivity index (χ3v) is 5.15. The molecule has 5 nitrogen and oxygen atoms in total. The Labute approximate surface area is 157 Å². The normalized spacial score (nSPS) is 27.6. The molecule has 1 aliphatic rings. The number of aliphatic hydroxyl groups excluding tert-OH is 4. The zero-order valence-corrected chi connectivity index (χ0v) is 16.0. The molecular formula is C21H36O5. The predicted molar refractivity (Wildman–Crippen MR) is 103 cm³/mol. The highest BCUT2D eigenvalue weighted by Crippen LogP contribution is 2.36. The number of hydrogen-bond donors (Lipinski definition) is 4. The second-order valence-electron chi connectivity index (χ2n) is 7.36. The van der Waals surface area contributed by atoms with Crippen molar-refractivity contribution in [2.24, 2.45) is 11.8 Å². The summed E-state index contributed by atoms with van der Waals surface area (Å²) >= 11 is 0. The average Bonchev–Trinajstić information content (AvgIpc) is 2.89. The third kappa shape index (κ3) is 8.58. The van der Waals surface area contributed by atoms with Crippen LogP contribution in [-0.4, -0.2) is 51.1 Å². The quantitative estimate of drug-likeness (QED) is 0.296. The molecule has 0 aromatic heterocycles. The van der Waals surface area contributed by atoms with E-state index in [-0.39, 0.29) is 17.6 Å². The maximum absolute atomic E-state index is 11.0. The van der Waals surface area contributed by atoms with E-state index in [4.69, 9.17) is 5.11 Å². The Hall–Kier alpha value is -1.01. The summed E-state index contributed by atoms with van der Waals surface area (Å²) in [5.74, 6) is -0.346. The Morgan fingerprint density at radius 1 is 1.15 bits per heavy atom. The summed E-state index contributed by atoms with van der Waals surface area (Å²) in [6, 6.07) is 0. The molecule has 0 aliphatic heterocycles. The second kappa shape index (κ2) is 13.2. The minimum atomic E-state index is -0.579. The van der Waals surface area contributed by atoms with Gasteiger partial charge in [-0.25, -0.2) is 0 Å². The van der Waals surface area contributed by atoms with E-state index in [9.17, 15) is 20.1 Å². The van der Waals surface area contributed by atoms with Crippen molar-refractivity contribution in [3.63, 3.8) is 0 Å². The van der Waals surface area contributed by atoms with Gasteiger partial charge in [0.05, 0.1) is 18.3 Å². The molecule has 5 atom stereocenters. The second-order valence-corrected chi connectivity index (χ2v) is 7.36. The van der Waals surface area contributed by atoms with E-state index in [2.05, 4.69) is 6.92 Å². The van der Waals surface area contributed by atoms with Crippen LogP contribution in [-0.2, 0) is 4.79 Å². The topological polar surface area (TPSA) is 98.0 Å². The van der Waals surface area contributed by atoms with Gasteiger partial charge in [-0.2, -0.15) is 0 Å². The molecule has 26 heavy (non-hydrogen) atoms. The summed E-state index contributed by atoms with van der Waals surface area (Å²) in [7, 11) is 0. The number of carbonyl (C=O) groups is 1. The maximum Gasteiger partial charge on any atom is 0.158 e. The molecule has 0 saturated heterocycles. The number of rotatable bonds is 13. The van der Waals surface area contributed by atoms with Gasteiger partial charge in [0.15, 0.2) is 5.78 Å². The molecular weight excluding hydrogens is 332 g/mol. The van der Waals surface area contributed by atoms with Gasteiger partial charge in [0.2, 0.25) is 0 Å². The molecule has 0 aromatic rings. The van der Waals surface area contributed by atoms with Crippen molar-refractivity contribution < 1.29 is 25.2 Å². The van der Waals surface area contributed by atoms with E-state index in [0.717, 1.165) is 32.1 Å². The van der Waals surface area contributed by atoms with E-state index in [1.54, 1.807) is 6.08 Å². The van der Waals surface area contributed by atoms with Crippen LogP contribution in [0.2, 0.25) is 0 Å². The molecule has 0 bridgehead atoms. The zero-order chi connectivity index (χ0) is 19.4. The first kappa shape index (κ1) is 23.0. The molecule has 150 valence electrons. The van der Waals surface area contributed by atoms with Crippen LogP contribution in [0.1, 0.15) is 64.7 Å². The first-order valence-electron chi connectivity index (χ1n) is 9.99. The summed E-state index contributed by atoms with van der Waals surface area (Å²) in [6.07, 6.45) is 12.8. The van der Waals surface area contributed by atoms with Crippen LogP contribution in [0.25, 0.3) is 0 Å². The summed E-state index contributed by atoms with van der Waals surface area (Å²) in [5.41, 5.74) is 0. The van der Waals surface area contributed by atoms with Crippen LogP contribution in [0, 0.1) is 11.8 Å². The van der Waals surface area contributed by atoms with E-state index in [1.165, 1.54) is 0 Å². The highest BCUT2D eigenvalue weighted by molar-refractivity contribution is 5.79. The predicted octanol–water partition coefficient (Wildman–Crippen LogP) is 2.52. The Kier molecular flexibility index (Phi) is 11.7. The fourth-order valence-corrected chi connectivity index (χ4v) is 3.53. The Morgan fingerprint density at radius 2 is 1.92 bits per heavy atom. The molecule has 0 unspecified atom stereocenters. The summed E-state index contributed by atoms with van der Waals surface area (Å²) in [5, 5.41) is 39.1. The molecule has 1 rings (SSSR count). The minimum absolute atomic E-state index is 0.0561. The van der Waals surface area contributed by atoms with Gasteiger partial charge in [-0.3, -0.25) is 4.79 Å². The number of Topliss-reactive ketones (excluding diaryl/α,β-unsaturated/α-hetero) is 1. The smallest absolute Gasteiger partial charge is 0.158 e. The van der Waals surface area contributed by atoms with Gasteiger partial charge in [-0.1, -0.05) is 50.5 Å². The van der Waals surface area contributed by atoms with E-state index in [1.807, 2.05) is 18.2 Å². The highest BCUT2D eigenvalue weighted by Gasteiger charge is 2.39. The van der Waals surface area contributed by atoms with Crippen molar-refractivity contribution in [1.82, 2.24) is 0 Å². The SMILES string of the molecule is CCCCC[C@H](O)/C=C/[C@@H]1[C@@H](C/C=C\CCCC(=O)CO)[C@@H](O)C[C@H]1O. The molecule has 5 heteroatoms. The molecule has 0 radical (unpaired) electrons. The van der Waals surface area contributed by atoms with Gasteiger partial charge in [-0.05, 0) is 31.6 Å².